The standard InChI is InChI=1S/C15H21N3O3/c1-4-10-15(19)18(6-5-17(2)3)12-8-14-13(20-9-21-14)7-11(12)16-10/h7-8,10,16H,4-6,9H2,1-3H3. The minimum atomic E-state index is -0.181. The topological polar surface area (TPSA) is 54.0 Å². The van der Waals surface area contributed by atoms with Crippen molar-refractivity contribution in [2.75, 3.05) is 44.2 Å². The van der Waals surface area contributed by atoms with Gasteiger partial charge in [-0.2, -0.15) is 0 Å². The van der Waals surface area contributed by atoms with Gasteiger partial charge in [0, 0.05) is 25.2 Å². The van der Waals surface area contributed by atoms with E-state index in [0.29, 0.717) is 12.3 Å². The van der Waals surface area contributed by atoms with Crippen LogP contribution in [0.2, 0.25) is 0 Å². The molecule has 0 aliphatic carbocycles. The highest BCUT2D eigenvalue weighted by atomic mass is 16.7. The summed E-state index contributed by atoms with van der Waals surface area (Å²) in [5.74, 6) is 1.55. The van der Waals surface area contributed by atoms with Crippen LogP contribution >= 0.6 is 0 Å². The molecule has 2 aliphatic heterocycles. The molecule has 0 saturated carbocycles. The van der Waals surface area contributed by atoms with Crippen molar-refractivity contribution in [3.05, 3.63) is 12.1 Å². The van der Waals surface area contributed by atoms with Gasteiger partial charge in [-0.15, -0.1) is 0 Å². The van der Waals surface area contributed by atoms with Crippen LogP contribution in [0.15, 0.2) is 12.1 Å². The molecule has 1 aromatic carbocycles. The van der Waals surface area contributed by atoms with Gasteiger partial charge in [0.05, 0.1) is 11.4 Å². The Morgan fingerprint density at radius 1 is 1.33 bits per heavy atom. The van der Waals surface area contributed by atoms with Crippen molar-refractivity contribution in [1.82, 2.24) is 4.90 Å². The number of likely N-dealkylation sites (N-methyl/N-ethyl adjacent to an activating group) is 1. The number of carbonyl (C=O) groups is 1. The van der Waals surface area contributed by atoms with Gasteiger partial charge >= 0.3 is 0 Å². The number of carbonyl (C=O) groups excluding carboxylic acids is 1. The SMILES string of the molecule is CCC1Nc2cc3c(cc2N(CCN(C)C)C1=O)OCO3. The molecule has 1 unspecified atom stereocenters. The number of rotatable bonds is 4. The van der Waals surface area contributed by atoms with Crippen LogP contribution in [0.3, 0.4) is 0 Å². The normalized spacial score (nSPS) is 19.7. The molecule has 2 heterocycles. The lowest BCUT2D eigenvalue weighted by Crippen LogP contribution is -2.48. The lowest BCUT2D eigenvalue weighted by molar-refractivity contribution is -0.119. The summed E-state index contributed by atoms with van der Waals surface area (Å²) in [6, 6.07) is 3.64. The van der Waals surface area contributed by atoms with Crippen LogP contribution in [-0.2, 0) is 4.79 Å². The first-order valence-corrected chi connectivity index (χ1v) is 7.26. The first kappa shape index (κ1) is 14.0. The Balaban J connectivity index is 1.97. The molecular formula is C15H21N3O3. The Morgan fingerprint density at radius 2 is 2.05 bits per heavy atom. The summed E-state index contributed by atoms with van der Waals surface area (Å²) in [5.41, 5.74) is 1.81. The predicted molar refractivity (Wildman–Crippen MR) is 81.2 cm³/mol. The highest BCUT2D eigenvalue weighted by molar-refractivity contribution is 6.05. The zero-order valence-corrected chi connectivity index (χ0v) is 12.7. The molecule has 0 saturated heterocycles. The minimum Gasteiger partial charge on any atom is -0.454 e. The van der Waals surface area contributed by atoms with E-state index in [2.05, 4.69) is 10.2 Å². The van der Waals surface area contributed by atoms with Gasteiger partial charge in [0.15, 0.2) is 11.5 Å². The lowest BCUT2D eigenvalue weighted by Gasteiger charge is -2.35. The Morgan fingerprint density at radius 3 is 2.71 bits per heavy atom. The van der Waals surface area contributed by atoms with Crippen LogP contribution in [0, 0.1) is 0 Å². The molecular weight excluding hydrogens is 270 g/mol. The van der Waals surface area contributed by atoms with Gasteiger partial charge in [-0.1, -0.05) is 6.92 Å². The van der Waals surface area contributed by atoms with E-state index >= 15 is 0 Å². The van der Waals surface area contributed by atoms with Gasteiger partial charge in [0.25, 0.3) is 0 Å². The molecule has 1 amide bonds. The fourth-order valence-electron chi connectivity index (χ4n) is 2.63. The summed E-state index contributed by atoms with van der Waals surface area (Å²) in [7, 11) is 4.01. The van der Waals surface area contributed by atoms with E-state index in [1.165, 1.54) is 0 Å². The maximum Gasteiger partial charge on any atom is 0.249 e. The summed E-state index contributed by atoms with van der Waals surface area (Å²) in [4.78, 5) is 16.5. The minimum absolute atomic E-state index is 0.116. The third kappa shape index (κ3) is 2.51. The first-order valence-electron chi connectivity index (χ1n) is 7.26. The van der Waals surface area contributed by atoms with Gasteiger partial charge in [0.1, 0.15) is 6.04 Å². The molecule has 0 bridgehead atoms. The summed E-state index contributed by atoms with van der Waals surface area (Å²) in [5, 5.41) is 3.30. The number of hydrogen-bond acceptors (Lipinski definition) is 5. The maximum atomic E-state index is 12.6. The fourth-order valence-corrected chi connectivity index (χ4v) is 2.63. The van der Waals surface area contributed by atoms with E-state index in [1.807, 2.05) is 38.1 Å². The molecule has 0 aromatic heterocycles. The second-order valence-corrected chi connectivity index (χ2v) is 5.62. The van der Waals surface area contributed by atoms with Crippen molar-refractivity contribution < 1.29 is 14.3 Å². The quantitative estimate of drug-likeness (QED) is 0.911. The van der Waals surface area contributed by atoms with E-state index in [0.717, 1.165) is 30.1 Å². The van der Waals surface area contributed by atoms with Gasteiger partial charge in [-0.3, -0.25) is 4.79 Å². The number of amides is 1. The molecule has 6 heteroatoms. The number of nitrogens with zero attached hydrogens (tertiary/aromatic N) is 2. The number of hydrogen-bond donors (Lipinski definition) is 1. The number of fused-ring (bicyclic) bond motifs is 2. The van der Waals surface area contributed by atoms with Gasteiger partial charge in [0.2, 0.25) is 12.7 Å². The molecule has 1 N–H and O–H groups in total. The largest absolute Gasteiger partial charge is 0.454 e. The second kappa shape index (κ2) is 5.44. The van der Waals surface area contributed by atoms with Crippen molar-refractivity contribution in [3.8, 4) is 11.5 Å². The van der Waals surface area contributed by atoms with Crippen molar-refractivity contribution in [1.29, 1.82) is 0 Å². The summed E-state index contributed by atoms with van der Waals surface area (Å²) in [6.07, 6.45) is 0.755. The molecule has 0 spiro atoms. The van der Waals surface area contributed by atoms with Gasteiger partial charge in [-0.25, -0.2) is 0 Å². The highest BCUT2D eigenvalue weighted by Gasteiger charge is 2.33. The highest BCUT2D eigenvalue weighted by Crippen LogP contribution is 2.43. The van der Waals surface area contributed by atoms with E-state index in [-0.39, 0.29) is 18.7 Å². The Labute approximate surface area is 124 Å². The van der Waals surface area contributed by atoms with Crippen LogP contribution in [-0.4, -0.2) is 50.8 Å². The first-order chi connectivity index (χ1) is 10.1. The average Bonchev–Trinajstić information content (AvgIpc) is 2.90. The Kier molecular flexibility index (Phi) is 3.63. The van der Waals surface area contributed by atoms with Crippen molar-refractivity contribution in [2.45, 2.75) is 19.4 Å². The number of ether oxygens (including phenoxy) is 2. The van der Waals surface area contributed by atoms with E-state index in [9.17, 15) is 4.79 Å². The Bertz CT molecular complexity index is 559. The average molecular weight is 291 g/mol. The van der Waals surface area contributed by atoms with Crippen molar-refractivity contribution >= 4 is 17.3 Å². The zero-order chi connectivity index (χ0) is 15.0. The molecule has 114 valence electrons. The molecule has 0 fully saturated rings. The van der Waals surface area contributed by atoms with E-state index in [4.69, 9.17) is 9.47 Å². The molecule has 0 radical (unpaired) electrons. The van der Waals surface area contributed by atoms with E-state index in [1.54, 1.807) is 0 Å². The predicted octanol–water partition coefficient (Wildman–Crippen LogP) is 1.51. The molecule has 6 nitrogen and oxygen atoms in total. The van der Waals surface area contributed by atoms with E-state index < -0.39 is 0 Å². The van der Waals surface area contributed by atoms with Crippen LogP contribution in [0.5, 0.6) is 11.5 Å². The van der Waals surface area contributed by atoms with Gasteiger partial charge in [-0.05, 0) is 20.5 Å². The fraction of sp³-hybridized carbons (Fsp3) is 0.533. The number of benzene rings is 1. The monoisotopic (exact) mass is 291 g/mol. The van der Waals surface area contributed by atoms with Crippen LogP contribution in [0.4, 0.5) is 11.4 Å². The molecule has 1 atom stereocenters. The maximum absolute atomic E-state index is 12.6. The summed E-state index contributed by atoms with van der Waals surface area (Å²) < 4.78 is 10.8. The third-order valence-electron chi connectivity index (χ3n) is 3.85. The van der Waals surface area contributed by atoms with Crippen LogP contribution in [0.1, 0.15) is 13.3 Å². The van der Waals surface area contributed by atoms with Crippen LogP contribution in [0.25, 0.3) is 0 Å². The molecule has 1 aromatic rings. The number of anilines is 2. The molecule has 21 heavy (non-hydrogen) atoms. The summed E-state index contributed by atoms with van der Waals surface area (Å²) >= 11 is 0. The molecule has 2 aliphatic rings. The summed E-state index contributed by atoms with van der Waals surface area (Å²) in [6.45, 7) is 3.73. The van der Waals surface area contributed by atoms with Crippen molar-refractivity contribution in [3.63, 3.8) is 0 Å². The number of nitrogens with one attached hydrogen (secondary N) is 1. The Hall–Kier alpha value is -1.95. The zero-order valence-electron chi connectivity index (χ0n) is 12.7. The van der Waals surface area contributed by atoms with Crippen LogP contribution < -0.4 is 19.7 Å². The second-order valence-electron chi connectivity index (χ2n) is 5.62. The lowest BCUT2D eigenvalue weighted by atomic mass is 10.1. The molecule has 3 rings (SSSR count). The smallest absolute Gasteiger partial charge is 0.249 e. The van der Waals surface area contributed by atoms with Crippen molar-refractivity contribution in [2.24, 2.45) is 0 Å². The van der Waals surface area contributed by atoms with Gasteiger partial charge < -0.3 is 24.6 Å². The third-order valence-corrected chi connectivity index (χ3v) is 3.85.